The van der Waals surface area contributed by atoms with Gasteiger partial charge in [0.1, 0.15) is 0 Å². The van der Waals surface area contributed by atoms with Crippen LogP contribution in [-0.2, 0) is 17.1 Å². The number of hydrogen-bond donors (Lipinski definition) is 3. The molecule has 0 bridgehead atoms. The van der Waals surface area contributed by atoms with Crippen LogP contribution in [0.5, 0.6) is 0 Å². The summed E-state index contributed by atoms with van der Waals surface area (Å²) in [6, 6.07) is 13.9. The topological polar surface area (TPSA) is 100 Å². The molecule has 1 fully saturated rings. The molecular weight excluding hydrogens is 342 g/mol. The number of ether oxygens (including phenoxy) is 1. The van der Waals surface area contributed by atoms with E-state index >= 15 is 0 Å². The fourth-order valence-corrected chi connectivity index (χ4v) is 3.07. The van der Waals surface area contributed by atoms with Crippen LogP contribution in [0, 0.1) is 0 Å². The van der Waals surface area contributed by atoms with E-state index in [1.54, 1.807) is 12.5 Å². The maximum atomic E-state index is 6.49. The minimum absolute atomic E-state index is 0.471. The van der Waals surface area contributed by atoms with Crippen LogP contribution in [-0.4, -0.2) is 43.6 Å². The molecule has 8 heteroatoms. The molecule has 0 saturated carbocycles. The van der Waals surface area contributed by atoms with Crippen molar-refractivity contribution < 1.29 is 4.74 Å². The van der Waals surface area contributed by atoms with Crippen molar-refractivity contribution in [1.29, 1.82) is 0 Å². The van der Waals surface area contributed by atoms with E-state index in [1.807, 2.05) is 30.3 Å². The van der Waals surface area contributed by atoms with Gasteiger partial charge < -0.3 is 20.3 Å². The van der Waals surface area contributed by atoms with Crippen molar-refractivity contribution in [2.24, 2.45) is 15.7 Å². The molecule has 27 heavy (non-hydrogen) atoms. The number of nitrogens with one attached hydrogen (secondary N) is 2. The Morgan fingerprint density at radius 2 is 1.96 bits per heavy atom. The fourth-order valence-electron chi connectivity index (χ4n) is 3.07. The predicted octanol–water partition coefficient (Wildman–Crippen LogP) is 0.764. The SMILES string of the molecule is NC1(c2ccc(N3CCOCC3)cc2)N=C(NCc2ccccn2)N=CN1. The van der Waals surface area contributed by atoms with Gasteiger partial charge >= 0.3 is 0 Å². The van der Waals surface area contributed by atoms with E-state index in [4.69, 9.17) is 10.5 Å². The molecule has 8 nitrogen and oxygen atoms in total. The molecule has 0 amide bonds. The maximum absolute atomic E-state index is 6.49. The summed E-state index contributed by atoms with van der Waals surface area (Å²) in [5, 5.41) is 6.22. The van der Waals surface area contributed by atoms with Crippen molar-refractivity contribution in [1.82, 2.24) is 15.6 Å². The van der Waals surface area contributed by atoms with Crippen molar-refractivity contribution in [3.63, 3.8) is 0 Å². The molecule has 2 aromatic rings. The van der Waals surface area contributed by atoms with Crippen molar-refractivity contribution in [2.75, 3.05) is 31.2 Å². The van der Waals surface area contributed by atoms with Gasteiger partial charge in [-0.05, 0) is 24.3 Å². The first-order valence-corrected chi connectivity index (χ1v) is 8.99. The molecule has 4 N–H and O–H groups in total. The number of rotatable bonds is 4. The third-order valence-corrected chi connectivity index (χ3v) is 4.59. The van der Waals surface area contributed by atoms with E-state index in [-0.39, 0.29) is 0 Å². The molecule has 0 radical (unpaired) electrons. The van der Waals surface area contributed by atoms with Crippen LogP contribution in [0.1, 0.15) is 11.3 Å². The van der Waals surface area contributed by atoms with Crippen LogP contribution in [0.2, 0.25) is 0 Å². The van der Waals surface area contributed by atoms with Gasteiger partial charge in [-0.15, -0.1) is 0 Å². The van der Waals surface area contributed by atoms with E-state index in [9.17, 15) is 0 Å². The average molecular weight is 365 g/mol. The highest BCUT2D eigenvalue weighted by Gasteiger charge is 2.28. The minimum atomic E-state index is -1.06. The number of pyridine rings is 1. The first-order valence-electron chi connectivity index (χ1n) is 8.99. The zero-order valence-corrected chi connectivity index (χ0v) is 15.0. The number of nitrogens with two attached hydrogens (primary N) is 1. The fraction of sp³-hybridized carbons (Fsp3) is 0.316. The van der Waals surface area contributed by atoms with E-state index in [0.717, 1.165) is 43.2 Å². The first kappa shape index (κ1) is 17.4. The third kappa shape index (κ3) is 4.07. The maximum Gasteiger partial charge on any atom is 0.223 e. The number of anilines is 1. The Balaban J connectivity index is 1.46. The molecule has 4 rings (SSSR count). The largest absolute Gasteiger partial charge is 0.378 e. The minimum Gasteiger partial charge on any atom is -0.378 e. The lowest BCUT2D eigenvalue weighted by molar-refractivity contribution is 0.122. The molecule has 140 valence electrons. The quantitative estimate of drug-likeness (QED) is 0.740. The smallest absolute Gasteiger partial charge is 0.223 e. The Kier molecular flexibility index (Phi) is 4.99. The Labute approximate surface area is 158 Å². The van der Waals surface area contributed by atoms with Gasteiger partial charge in [0, 0.05) is 30.5 Å². The zero-order valence-electron chi connectivity index (χ0n) is 15.0. The number of morpholine rings is 1. The molecule has 0 spiro atoms. The highest BCUT2D eigenvalue weighted by molar-refractivity contribution is 5.89. The van der Waals surface area contributed by atoms with E-state index < -0.39 is 5.79 Å². The lowest BCUT2D eigenvalue weighted by Gasteiger charge is -2.31. The Bertz CT molecular complexity index is 816. The summed E-state index contributed by atoms with van der Waals surface area (Å²) >= 11 is 0. The van der Waals surface area contributed by atoms with Gasteiger partial charge in [0.2, 0.25) is 11.7 Å². The zero-order chi connectivity index (χ0) is 18.5. The first-order chi connectivity index (χ1) is 13.2. The lowest BCUT2D eigenvalue weighted by Crippen LogP contribution is -2.52. The second kappa shape index (κ2) is 7.73. The second-order valence-electron chi connectivity index (χ2n) is 6.43. The van der Waals surface area contributed by atoms with Gasteiger partial charge in [0.15, 0.2) is 0 Å². The van der Waals surface area contributed by atoms with Crippen LogP contribution in [0.4, 0.5) is 5.69 Å². The number of aliphatic imine (C=N–C) groups is 2. The van der Waals surface area contributed by atoms with Crippen LogP contribution < -0.4 is 21.3 Å². The molecule has 2 aliphatic heterocycles. The molecule has 0 aliphatic carbocycles. The monoisotopic (exact) mass is 365 g/mol. The van der Waals surface area contributed by atoms with E-state index in [1.165, 1.54) is 0 Å². The molecule has 1 aromatic heterocycles. The van der Waals surface area contributed by atoms with Gasteiger partial charge in [0.05, 0.1) is 31.8 Å². The highest BCUT2D eigenvalue weighted by atomic mass is 16.5. The Morgan fingerprint density at radius 1 is 1.15 bits per heavy atom. The van der Waals surface area contributed by atoms with E-state index in [2.05, 4.69) is 42.6 Å². The summed E-state index contributed by atoms with van der Waals surface area (Å²) in [6.45, 7) is 3.85. The standard InChI is InChI=1S/C19H23N7O/c20-19(15-4-6-17(7-5-15)26-9-11-27-12-10-26)24-14-23-18(25-19)22-13-16-3-1-2-8-21-16/h1-8,14H,9-13,20H2,(H2,22,23,24,25). The van der Waals surface area contributed by atoms with Crippen molar-refractivity contribution in [3.8, 4) is 0 Å². The summed E-state index contributed by atoms with van der Waals surface area (Å²) in [7, 11) is 0. The summed E-state index contributed by atoms with van der Waals surface area (Å²) in [5.41, 5.74) is 9.42. The van der Waals surface area contributed by atoms with Crippen LogP contribution in [0.15, 0.2) is 58.6 Å². The van der Waals surface area contributed by atoms with Gasteiger partial charge in [-0.25, -0.2) is 9.98 Å². The Morgan fingerprint density at radius 3 is 2.70 bits per heavy atom. The number of guanidine groups is 1. The third-order valence-electron chi connectivity index (χ3n) is 4.59. The van der Waals surface area contributed by atoms with Gasteiger partial charge in [-0.3, -0.25) is 10.7 Å². The Hall–Kier alpha value is -2.97. The molecule has 1 unspecified atom stereocenters. The molecule has 3 heterocycles. The summed E-state index contributed by atoms with van der Waals surface area (Å²) in [4.78, 5) is 15.4. The number of aromatic nitrogens is 1. The van der Waals surface area contributed by atoms with Gasteiger partial charge in [0.25, 0.3) is 0 Å². The summed E-state index contributed by atoms with van der Waals surface area (Å²) in [6.07, 6.45) is 3.33. The second-order valence-corrected chi connectivity index (χ2v) is 6.43. The van der Waals surface area contributed by atoms with Crippen molar-refractivity contribution in [3.05, 3.63) is 59.9 Å². The van der Waals surface area contributed by atoms with E-state index in [0.29, 0.717) is 12.5 Å². The van der Waals surface area contributed by atoms with Crippen molar-refractivity contribution >= 4 is 18.0 Å². The highest BCUT2D eigenvalue weighted by Crippen LogP contribution is 2.23. The summed E-state index contributed by atoms with van der Waals surface area (Å²) in [5.74, 6) is -0.586. The molecule has 2 aliphatic rings. The number of benzene rings is 1. The van der Waals surface area contributed by atoms with Gasteiger partial charge in [-0.2, -0.15) is 0 Å². The predicted molar refractivity (Wildman–Crippen MR) is 105 cm³/mol. The number of hydrogen-bond acceptors (Lipinski definition) is 8. The van der Waals surface area contributed by atoms with Crippen molar-refractivity contribution in [2.45, 2.75) is 12.3 Å². The van der Waals surface area contributed by atoms with Crippen LogP contribution in [0.3, 0.4) is 0 Å². The molecule has 1 atom stereocenters. The number of nitrogens with zero attached hydrogens (tertiary/aromatic N) is 4. The average Bonchev–Trinajstić information content (AvgIpc) is 2.74. The van der Waals surface area contributed by atoms with Crippen LogP contribution >= 0.6 is 0 Å². The lowest BCUT2D eigenvalue weighted by atomic mass is 10.1. The van der Waals surface area contributed by atoms with Gasteiger partial charge in [-0.1, -0.05) is 18.2 Å². The molecule has 1 saturated heterocycles. The normalized spacial score (nSPS) is 22.1. The summed E-state index contributed by atoms with van der Waals surface area (Å²) < 4.78 is 5.41. The van der Waals surface area contributed by atoms with Crippen LogP contribution in [0.25, 0.3) is 0 Å². The molecular formula is C19H23N7O. The molecule has 1 aromatic carbocycles.